The van der Waals surface area contributed by atoms with Crippen LogP contribution in [0.4, 0.5) is 4.79 Å². The van der Waals surface area contributed by atoms with E-state index in [2.05, 4.69) is 21.2 Å². The number of hydrogen-bond acceptors (Lipinski definition) is 2. The molecule has 1 unspecified atom stereocenters. The van der Waals surface area contributed by atoms with E-state index in [1.807, 2.05) is 13.8 Å². The molecular formula is C6H12BrNO2. The molecule has 0 saturated carbocycles. The van der Waals surface area contributed by atoms with Gasteiger partial charge in [0.1, 0.15) is 6.10 Å². The second-order valence-electron chi connectivity index (χ2n) is 1.90. The van der Waals surface area contributed by atoms with E-state index in [4.69, 9.17) is 4.74 Å². The van der Waals surface area contributed by atoms with Crippen LogP contribution >= 0.6 is 15.9 Å². The van der Waals surface area contributed by atoms with Crippen molar-refractivity contribution >= 4 is 22.0 Å². The first kappa shape index (κ1) is 9.75. The lowest BCUT2D eigenvalue weighted by Crippen LogP contribution is -2.27. The number of amides is 1. The standard InChI is InChI=1S/C6H12BrNO2/c1-3-8-6(9)10-5(2)4-7/h5H,3-4H2,1-2H3,(H,8,9). The van der Waals surface area contributed by atoms with E-state index in [0.717, 1.165) is 0 Å². The summed E-state index contributed by atoms with van der Waals surface area (Å²) in [6.45, 7) is 4.28. The Labute approximate surface area is 69.3 Å². The van der Waals surface area contributed by atoms with Crippen molar-refractivity contribution in [1.29, 1.82) is 0 Å². The van der Waals surface area contributed by atoms with Crippen LogP contribution in [0, 0.1) is 0 Å². The Morgan fingerprint density at radius 3 is 2.80 bits per heavy atom. The molecule has 0 radical (unpaired) electrons. The quantitative estimate of drug-likeness (QED) is 0.717. The van der Waals surface area contributed by atoms with E-state index in [9.17, 15) is 4.79 Å². The number of halogens is 1. The molecule has 0 aliphatic carbocycles. The van der Waals surface area contributed by atoms with Crippen LogP contribution in [0.1, 0.15) is 13.8 Å². The van der Waals surface area contributed by atoms with Gasteiger partial charge < -0.3 is 10.1 Å². The van der Waals surface area contributed by atoms with Crippen LogP contribution in [-0.4, -0.2) is 24.1 Å². The summed E-state index contributed by atoms with van der Waals surface area (Å²) in [6.07, 6.45) is -0.416. The highest BCUT2D eigenvalue weighted by atomic mass is 79.9. The Kier molecular flexibility index (Phi) is 5.39. The zero-order valence-corrected chi connectivity index (χ0v) is 7.77. The zero-order valence-electron chi connectivity index (χ0n) is 6.19. The molecule has 60 valence electrons. The van der Waals surface area contributed by atoms with Crippen LogP contribution in [0.3, 0.4) is 0 Å². The van der Waals surface area contributed by atoms with Gasteiger partial charge in [-0.25, -0.2) is 4.79 Å². The van der Waals surface area contributed by atoms with Gasteiger partial charge in [0.2, 0.25) is 0 Å². The maximum atomic E-state index is 10.7. The fourth-order valence-corrected chi connectivity index (χ4v) is 0.532. The van der Waals surface area contributed by atoms with Gasteiger partial charge in [0.15, 0.2) is 0 Å². The zero-order chi connectivity index (χ0) is 7.98. The molecule has 0 saturated heterocycles. The van der Waals surface area contributed by atoms with Gasteiger partial charge in [-0.1, -0.05) is 15.9 Å². The van der Waals surface area contributed by atoms with E-state index in [1.165, 1.54) is 0 Å². The van der Waals surface area contributed by atoms with Crippen molar-refractivity contribution in [1.82, 2.24) is 5.32 Å². The highest BCUT2D eigenvalue weighted by Gasteiger charge is 2.04. The van der Waals surface area contributed by atoms with E-state index >= 15 is 0 Å². The molecule has 0 spiro atoms. The number of alkyl halides is 1. The van der Waals surface area contributed by atoms with Crippen molar-refractivity contribution in [2.75, 3.05) is 11.9 Å². The normalized spacial score (nSPS) is 12.3. The topological polar surface area (TPSA) is 38.3 Å². The largest absolute Gasteiger partial charge is 0.446 e. The third kappa shape index (κ3) is 4.61. The highest BCUT2D eigenvalue weighted by molar-refractivity contribution is 9.09. The van der Waals surface area contributed by atoms with Crippen molar-refractivity contribution < 1.29 is 9.53 Å². The molecule has 0 aliphatic heterocycles. The highest BCUT2D eigenvalue weighted by Crippen LogP contribution is 1.95. The second kappa shape index (κ2) is 5.53. The van der Waals surface area contributed by atoms with Crippen molar-refractivity contribution in [2.45, 2.75) is 20.0 Å². The van der Waals surface area contributed by atoms with Gasteiger partial charge in [0.25, 0.3) is 0 Å². The van der Waals surface area contributed by atoms with Crippen LogP contribution in [0.15, 0.2) is 0 Å². The number of carbonyl (C=O) groups is 1. The number of nitrogens with one attached hydrogen (secondary N) is 1. The molecule has 3 nitrogen and oxygen atoms in total. The Hall–Kier alpha value is -0.250. The minimum Gasteiger partial charge on any atom is -0.446 e. The predicted molar refractivity (Wildman–Crippen MR) is 43.4 cm³/mol. The summed E-state index contributed by atoms with van der Waals surface area (Å²) in [4.78, 5) is 10.7. The maximum Gasteiger partial charge on any atom is 0.407 e. The Morgan fingerprint density at radius 1 is 1.80 bits per heavy atom. The minimum absolute atomic E-state index is 0.0634. The number of alkyl carbamates (subject to hydrolysis) is 1. The number of carbonyl (C=O) groups excluding carboxylic acids is 1. The lowest BCUT2D eigenvalue weighted by molar-refractivity contribution is 0.118. The van der Waals surface area contributed by atoms with Gasteiger partial charge >= 0.3 is 6.09 Å². The van der Waals surface area contributed by atoms with Gasteiger partial charge in [-0.05, 0) is 13.8 Å². The summed E-state index contributed by atoms with van der Waals surface area (Å²) in [7, 11) is 0. The van der Waals surface area contributed by atoms with E-state index in [1.54, 1.807) is 0 Å². The van der Waals surface area contributed by atoms with E-state index in [-0.39, 0.29) is 12.2 Å². The monoisotopic (exact) mass is 209 g/mol. The van der Waals surface area contributed by atoms with Crippen LogP contribution in [-0.2, 0) is 4.74 Å². The Balaban J connectivity index is 3.37. The summed E-state index contributed by atoms with van der Waals surface area (Å²) in [5.74, 6) is 0. The molecule has 10 heavy (non-hydrogen) atoms. The first-order valence-electron chi connectivity index (χ1n) is 3.21. The SMILES string of the molecule is CCNC(=O)OC(C)CBr. The molecule has 0 aromatic carbocycles. The van der Waals surface area contributed by atoms with Crippen molar-refractivity contribution in [3.8, 4) is 0 Å². The van der Waals surface area contributed by atoms with Crippen LogP contribution in [0.25, 0.3) is 0 Å². The Bertz CT molecular complexity index is 108. The van der Waals surface area contributed by atoms with Gasteiger partial charge in [-0.2, -0.15) is 0 Å². The summed E-state index contributed by atoms with van der Waals surface area (Å²) in [5, 5.41) is 3.20. The number of hydrogen-bond donors (Lipinski definition) is 1. The molecule has 1 N–H and O–H groups in total. The molecule has 0 fully saturated rings. The first-order chi connectivity index (χ1) is 4.70. The summed E-state index contributed by atoms with van der Waals surface area (Å²) in [5.41, 5.74) is 0. The second-order valence-corrected chi connectivity index (χ2v) is 2.55. The van der Waals surface area contributed by atoms with Gasteiger partial charge in [-0.3, -0.25) is 0 Å². The predicted octanol–water partition coefficient (Wildman–Crippen LogP) is 1.52. The summed E-state index contributed by atoms with van der Waals surface area (Å²) in [6, 6.07) is 0. The van der Waals surface area contributed by atoms with Gasteiger partial charge in [0.05, 0.1) is 0 Å². The molecule has 0 bridgehead atoms. The molecule has 1 atom stereocenters. The minimum atomic E-state index is -0.352. The molecule has 0 heterocycles. The lowest BCUT2D eigenvalue weighted by atomic mass is 10.5. The van der Waals surface area contributed by atoms with Gasteiger partial charge in [-0.15, -0.1) is 0 Å². The Morgan fingerprint density at radius 2 is 2.40 bits per heavy atom. The molecule has 0 aromatic rings. The fourth-order valence-electron chi connectivity index (χ4n) is 0.400. The summed E-state index contributed by atoms with van der Waals surface area (Å²) >= 11 is 3.19. The first-order valence-corrected chi connectivity index (χ1v) is 4.33. The lowest BCUT2D eigenvalue weighted by Gasteiger charge is -2.09. The smallest absolute Gasteiger partial charge is 0.407 e. The third-order valence-electron chi connectivity index (χ3n) is 0.847. The van der Waals surface area contributed by atoms with E-state index in [0.29, 0.717) is 11.9 Å². The van der Waals surface area contributed by atoms with Gasteiger partial charge in [0, 0.05) is 11.9 Å². The van der Waals surface area contributed by atoms with Crippen LogP contribution in [0.2, 0.25) is 0 Å². The maximum absolute atomic E-state index is 10.7. The molecule has 4 heteroatoms. The molecular weight excluding hydrogens is 198 g/mol. The van der Waals surface area contributed by atoms with Crippen LogP contribution < -0.4 is 5.32 Å². The fraction of sp³-hybridized carbons (Fsp3) is 0.833. The van der Waals surface area contributed by atoms with Crippen molar-refractivity contribution in [3.05, 3.63) is 0 Å². The summed E-state index contributed by atoms with van der Waals surface area (Å²) < 4.78 is 4.84. The van der Waals surface area contributed by atoms with E-state index < -0.39 is 0 Å². The third-order valence-corrected chi connectivity index (χ3v) is 1.76. The molecule has 0 rings (SSSR count). The number of ether oxygens (including phenoxy) is 1. The molecule has 1 amide bonds. The van der Waals surface area contributed by atoms with Crippen LogP contribution in [0.5, 0.6) is 0 Å². The molecule has 0 aromatic heterocycles. The van der Waals surface area contributed by atoms with Crippen molar-refractivity contribution in [2.24, 2.45) is 0 Å². The number of rotatable bonds is 3. The van der Waals surface area contributed by atoms with Crippen molar-refractivity contribution in [3.63, 3.8) is 0 Å². The molecule has 0 aliphatic rings. The average Bonchev–Trinajstić information content (AvgIpc) is 1.88. The average molecular weight is 210 g/mol.